The number of fused-ring (bicyclic) bond motifs is 2. The molecule has 2 amide bonds. The monoisotopic (exact) mass is 785 g/mol. The highest BCUT2D eigenvalue weighted by Crippen LogP contribution is 2.32. The van der Waals surface area contributed by atoms with E-state index < -0.39 is 46.2 Å². The summed E-state index contributed by atoms with van der Waals surface area (Å²) < 4.78 is 81.2. The first kappa shape index (κ1) is 41.8. The Morgan fingerprint density at radius 1 is 0.636 bits per heavy atom. The van der Waals surface area contributed by atoms with E-state index in [-0.39, 0.29) is 47.4 Å². The van der Waals surface area contributed by atoms with Crippen LogP contribution in [0.5, 0.6) is 0 Å². The maximum atomic E-state index is 13.0. The summed E-state index contributed by atoms with van der Waals surface area (Å²) in [6.07, 6.45) is -4.82. The van der Waals surface area contributed by atoms with Crippen molar-refractivity contribution >= 4 is 46.0 Å². The van der Waals surface area contributed by atoms with Crippen molar-refractivity contribution in [1.82, 2.24) is 24.8 Å². The van der Waals surface area contributed by atoms with Crippen molar-refractivity contribution in [2.24, 2.45) is 0 Å². The summed E-state index contributed by atoms with van der Waals surface area (Å²) in [5.41, 5.74) is -1.54. The van der Waals surface area contributed by atoms with Gasteiger partial charge in [-0.1, -0.05) is 36.4 Å². The third kappa shape index (κ3) is 9.78. The Kier molecular flexibility index (Phi) is 13.3. The molecule has 3 aromatic carbocycles. The first-order valence-corrected chi connectivity index (χ1v) is 16.6. The lowest BCUT2D eigenvalue weighted by molar-refractivity contribution is -0.138. The topological polar surface area (TPSA) is 115 Å². The summed E-state index contributed by atoms with van der Waals surface area (Å²) in [7, 11) is 0. The number of alkyl halides is 6. The zero-order valence-electron chi connectivity index (χ0n) is 29.3. The Morgan fingerprint density at radius 2 is 1.09 bits per heavy atom. The van der Waals surface area contributed by atoms with Crippen LogP contribution in [0.25, 0.3) is 21.8 Å². The fourth-order valence-corrected chi connectivity index (χ4v) is 5.64. The zero-order valence-corrected chi connectivity index (χ0v) is 30.1. The fraction of sp³-hybridized carbons (Fsp3) is 0.205. The highest BCUT2D eigenvalue weighted by Gasteiger charge is 2.32. The lowest BCUT2D eigenvalue weighted by Crippen LogP contribution is -2.30. The minimum atomic E-state index is -4.57. The van der Waals surface area contributed by atoms with Gasteiger partial charge < -0.3 is 19.8 Å². The zero-order chi connectivity index (χ0) is 39.2. The second-order valence-corrected chi connectivity index (χ2v) is 11.9. The first-order chi connectivity index (χ1) is 25.6. The van der Waals surface area contributed by atoms with Gasteiger partial charge in [0, 0.05) is 49.0 Å². The molecule has 0 spiro atoms. The van der Waals surface area contributed by atoms with Gasteiger partial charge in [-0.25, -0.2) is 0 Å². The van der Waals surface area contributed by atoms with Gasteiger partial charge in [-0.2, -0.15) is 26.3 Å². The van der Waals surface area contributed by atoms with Crippen LogP contribution in [0, 0.1) is 0 Å². The number of amides is 2. The molecule has 0 fully saturated rings. The minimum absolute atomic E-state index is 0. The van der Waals surface area contributed by atoms with Crippen molar-refractivity contribution in [3.05, 3.63) is 157 Å². The van der Waals surface area contributed by atoms with Crippen molar-refractivity contribution in [3.63, 3.8) is 0 Å². The van der Waals surface area contributed by atoms with Gasteiger partial charge in [0.25, 0.3) is 11.8 Å². The van der Waals surface area contributed by atoms with Crippen molar-refractivity contribution in [1.29, 1.82) is 0 Å². The second-order valence-electron chi connectivity index (χ2n) is 11.9. The molecule has 0 aliphatic rings. The molecule has 0 unspecified atom stereocenters. The minimum Gasteiger partial charge on any atom is -0.348 e. The molecule has 6 rings (SSSR count). The summed E-state index contributed by atoms with van der Waals surface area (Å²) in [6.45, 7) is 4.67. The lowest BCUT2D eigenvalue weighted by Gasteiger charge is -2.14. The van der Waals surface area contributed by atoms with Crippen LogP contribution in [0.4, 0.5) is 26.3 Å². The van der Waals surface area contributed by atoms with Crippen molar-refractivity contribution in [2.75, 3.05) is 0 Å². The highest BCUT2D eigenvalue weighted by molar-refractivity contribution is 5.98. The molecule has 0 aliphatic carbocycles. The molecule has 0 bridgehead atoms. The van der Waals surface area contributed by atoms with Crippen LogP contribution in [-0.2, 0) is 38.5 Å². The van der Waals surface area contributed by atoms with Crippen molar-refractivity contribution in [2.45, 2.75) is 52.4 Å². The van der Waals surface area contributed by atoms with Crippen LogP contribution < -0.4 is 21.5 Å². The smallest absolute Gasteiger partial charge is 0.348 e. The summed E-state index contributed by atoms with van der Waals surface area (Å²) in [6, 6.07) is 20.3. The number of aryl methyl sites for hydroxylation is 2. The molecule has 9 nitrogen and oxygen atoms in total. The summed E-state index contributed by atoms with van der Waals surface area (Å²) >= 11 is 0. The number of hydrogen-bond acceptors (Lipinski definition) is 5. The maximum absolute atomic E-state index is 13.0. The van der Waals surface area contributed by atoms with Gasteiger partial charge in [0.15, 0.2) is 0 Å². The van der Waals surface area contributed by atoms with Gasteiger partial charge >= 0.3 is 12.4 Å². The van der Waals surface area contributed by atoms with Gasteiger partial charge in [-0.05, 0) is 67.9 Å². The molecular weight excluding hydrogens is 752 g/mol. The van der Waals surface area contributed by atoms with Gasteiger partial charge in [0.05, 0.1) is 34.4 Å². The fourth-order valence-electron chi connectivity index (χ4n) is 5.64. The third-order valence-electron chi connectivity index (χ3n) is 8.44. The summed E-state index contributed by atoms with van der Waals surface area (Å²) in [5.74, 6) is -1.28. The van der Waals surface area contributed by atoms with Crippen molar-refractivity contribution < 1.29 is 35.9 Å². The molecule has 55 heavy (non-hydrogen) atoms. The van der Waals surface area contributed by atoms with Crippen LogP contribution in [0.3, 0.4) is 0 Å². The van der Waals surface area contributed by atoms with Crippen LogP contribution >= 0.6 is 12.4 Å². The quantitative estimate of drug-likeness (QED) is 0.153. The van der Waals surface area contributed by atoms with Crippen molar-refractivity contribution in [3.8, 4) is 0 Å². The van der Waals surface area contributed by atoms with E-state index in [9.17, 15) is 45.5 Å². The molecule has 0 aliphatic heterocycles. The van der Waals surface area contributed by atoms with Gasteiger partial charge in [0.1, 0.15) is 11.1 Å². The number of nitrogens with zero attached hydrogens (tertiary/aromatic N) is 3. The first-order valence-electron chi connectivity index (χ1n) is 16.6. The molecule has 3 heterocycles. The Morgan fingerprint density at radius 3 is 1.51 bits per heavy atom. The van der Waals surface area contributed by atoms with Crippen LogP contribution in [0.1, 0.15) is 56.9 Å². The predicted octanol–water partition coefficient (Wildman–Crippen LogP) is 7.76. The molecular formula is C39H34ClF6N5O4. The third-order valence-corrected chi connectivity index (χ3v) is 8.44. The number of hydrogen-bond donors (Lipinski definition) is 2. The maximum Gasteiger partial charge on any atom is 0.416 e. The number of aromatic nitrogens is 3. The number of carbonyl (C=O) groups excluding carboxylic acids is 2. The number of halogens is 7. The summed E-state index contributed by atoms with van der Waals surface area (Å²) in [5, 5.41) is 4.95. The molecule has 2 N–H and O–H groups in total. The van der Waals surface area contributed by atoms with E-state index in [0.29, 0.717) is 29.8 Å². The normalized spacial score (nSPS) is 11.3. The van der Waals surface area contributed by atoms with Gasteiger partial charge in [-0.15, -0.1) is 12.4 Å². The van der Waals surface area contributed by atoms with Crippen LogP contribution in [0.2, 0.25) is 0 Å². The van der Waals surface area contributed by atoms with Gasteiger partial charge in [0.2, 0.25) is 10.9 Å². The van der Waals surface area contributed by atoms with E-state index in [2.05, 4.69) is 15.6 Å². The summed E-state index contributed by atoms with van der Waals surface area (Å²) in [4.78, 5) is 54.4. The average Bonchev–Trinajstić information content (AvgIpc) is 3.16. The standard InChI is InChI=1S/C20H17F3N2O2.C19H16F3N3O2.ClH/c1-2-25-12-16(19(27)24-11-13-6-4-3-5-7-13)18(26)15-10-14(20(21,22)23)8-9-17(15)25;1-2-25-11-15(18(27)24-10-13-5-3-4-8-23-13)17(26)14-9-12(19(20,21)22)6-7-16(14)25;/h3-10,12H,2,11H2,1H3,(H,24,27);3-9,11H,2,10H2,1H3,(H,24,27);1H. The number of rotatable bonds is 8. The number of carbonyl (C=O) groups is 2. The van der Waals surface area contributed by atoms with E-state index in [1.807, 2.05) is 30.3 Å². The Bertz CT molecular complexity index is 2260. The Labute approximate surface area is 316 Å². The second kappa shape index (κ2) is 17.5. The van der Waals surface area contributed by atoms with Gasteiger partial charge in [-0.3, -0.25) is 24.2 Å². The largest absolute Gasteiger partial charge is 0.416 e. The lowest BCUT2D eigenvalue weighted by atomic mass is 10.1. The van der Waals surface area contributed by atoms with E-state index in [1.165, 1.54) is 24.5 Å². The van der Waals surface area contributed by atoms with E-state index in [4.69, 9.17) is 0 Å². The Balaban J connectivity index is 0.000000240. The molecule has 16 heteroatoms. The average molecular weight is 786 g/mol. The number of nitrogens with one attached hydrogen (secondary N) is 2. The van der Waals surface area contributed by atoms with Crippen LogP contribution in [-0.4, -0.2) is 25.9 Å². The predicted molar refractivity (Wildman–Crippen MR) is 198 cm³/mol. The molecule has 0 radical (unpaired) electrons. The van der Waals surface area contributed by atoms with E-state index in [1.54, 1.807) is 47.4 Å². The van der Waals surface area contributed by atoms with Crippen LogP contribution in [0.15, 0.2) is 113 Å². The number of benzene rings is 3. The van der Waals surface area contributed by atoms with E-state index in [0.717, 1.165) is 29.8 Å². The molecule has 6 aromatic rings. The molecule has 0 saturated carbocycles. The van der Waals surface area contributed by atoms with E-state index >= 15 is 0 Å². The molecule has 0 saturated heterocycles. The molecule has 0 atom stereocenters. The SMILES string of the molecule is CCn1cc(C(=O)NCc2ccccc2)c(=O)c2cc(C(F)(F)F)ccc21.CCn1cc(C(=O)NCc2ccccn2)c(=O)c2cc(C(F)(F)F)ccc21.Cl. The number of pyridine rings is 3. The Hall–Kier alpha value is -5.96. The highest BCUT2D eigenvalue weighted by atomic mass is 35.5. The molecule has 288 valence electrons. The molecule has 3 aromatic heterocycles.